The first-order valence-corrected chi connectivity index (χ1v) is 9.49. The second-order valence-corrected chi connectivity index (χ2v) is 7.07. The highest BCUT2D eigenvalue weighted by molar-refractivity contribution is 5.97. The lowest BCUT2D eigenvalue weighted by atomic mass is 10.2. The smallest absolute Gasteiger partial charge is 0.329 e. The Labute approximate surface area is 173 Å². The first kappa shape index (κ1) is 21.1. The maximum Gasteiger partial charge on any atom is 0.329 e. The number of rotatable bonds is 6. The minimum Gasteiger partial charge on any atom is -0.459 e. The van der Waals surface area contributed by atoms with Gasteiger partial charge in [0.2, 0.25) is 0 Å². The van der Waals surface area contributed by atoms with Crippen LogP contribution in [0.3, 0.4) is 0 Å². The normalized spacial score (nSPS) is 15.5. The molecule has 2 aromatic rings. The van der Waals surface area contributed by atoms with Crippen LogP contribution >= 0.6 is 0 Å². The number of benzene rings is 1. The molecule has 30 heavy (non-hydrogen) atoms. The molecule has 1 fully saturated rings. The number of anilines is 1. The fourth-order valence-electron chi connectivity index (χ4n) is 3.18. The van der Waals surface area contributed by atoms with Crippen molar-refractivity contribution in [2.45, 2.75) is 18.9 Å². The number of hydrogen-bond donors (Lipinski definition) is 1. The van der Waals surface area contributed by atoms with E-state index in [4.69, 9.17) is 9.15 Å². The second kappa shape index (κ2) is 9.25. The Morgan fingerprint density at radius 3 is 2.53 bits per heavy atom. The maximum atomic E-state index is 12.4. The second-order valence-electron chi connectivity index (χ2n) is 7.07. The molecule has 1 aromatic heterocycles. The number of carbonyl (C=O) groups is 4. The molecular formula is C21H23N3O6. The first-order valence-electron chi connectivity index (χ1n) is 9.49. The molecule has 3 amide bonds. The van der Waals surface area contributed by atoms with E-state index in [2.05, 4.69) is 5.32 Å². The molecule has 1 N–H and O–H groups in total. The van der Waals surface area contributed by atoms with E-state index >= 15 is 0 Å². The molecular weight excluding hydrogens is 390 g/mol. The molecule has 0 aliphatic carbocycles. The molecule has 0 spiro atoms. The number of furan rings is 1. The standard InChI is InChI=1S/C21H23N3O6/c1-23(2)19(26)14-7-9-15(10-8-14)22-18(25)13-30-21(28)16-5-3-11-24(16)20(27)17-6-4-12-29-17/h4,6-10,12,16H,3,5,11,13H2,1-2H3,(H,22,25). The summed E-state index contributed by atoms with van der Waals surface area (Å²) >= 11 is 0. The summed E-state index contributed by atoms with van der Waals surface area (Å²) in [6, 6.07) is 8.78. The van der Waals surface area contributed by atoms with E-state index in [-0.39, 0.29) is 17.6 Å². The number of hydrogen-bond acceptors (Lipinski definition) is 6. The Hall–Kier alpha value is -3.62. The number of ether oxygens (including phenoxy) is 1. The molecule has 0 bridgehead atoms. The first-order chi connectivity index (χ1) is 14.4. The highest BCUT2D eigenvalue weighted by Crippen LogP contribution is 2.21. The molecule has 9 heteroatoms. The van der Waals surface area contributed by atoms with Crippen molar-refractivity contribution in [2.24, 2.45) is 0 Å². The number of carbonyl (C=O) groups excluding carboxylic acids is 4. The largest absolute Gasteiger partial charge is 0.459 e. The van der Waals surface area contributed by atoms with E-state index in [1.54, 1.807) is 44.4 Å². The Bertz CT molecular complexity index is 921. The molecule has 1 aromatic carbocycles. The van der Waals surface area contributed by atoms with Crippen molar-refractivity contribution in [3.05, 3.63) is 54.0 Å². The van der Waals surface area contributed by atoms with E-state index < -0.39 is 24.5 Å². The van der Waals surface area contributed by atoms with Crippen LogP contribution in [0.25, 0.3) is 0 Å². The lowest BCUT2D eigenvalue weighted by Gasteiger charge is -2.22. The molecule has 1 unspecified atom stereocenters. The Kier molecular flexibility index (Phi) is 6.51. The number of likely N-dealkylation sites (tertiary alicyclic amines) is 1. The molecule has 2 heterocycles. The fourth-order valence-corrected chi connectivity index (χ4v) is 3.18. The van der Waals surface area contributed by atoms with E-state index in [0.29, 0.717) is 30.6 Å². The van der Waals surface area contributed by atoms with E-state index in [1.165, 1.54) is 22.1 Å². The number of nitrogens with one attached hydrogen (secondary N) is 1. The summed E-state index contributed by atoms with van der Waals surface area (Å²) < 4.78 is 10.2. The summed E-state index contributed by atoms with van der Waals surface area (Å²) in [4.78, 5) is 51.7. The van der Waals surface area contributed by atoms with E-state index in [9.17, 15) is 19.2 Å². The summed E-state index contributed by atoms with van der Waals surface area (Å²) in [6.07, 6.45) is 2.52. The number of esters is 1. The van der Waals surface area contributed by atoms with Gasteiger partial charge in [-0.15, -0.1) is 0 Å². The van der Waals surface area contributed by atoms with E-state index in [0.717, 1.165) is 0 Å². The number of nitrogens with zero attached hydrogens (tertiary/aromatic N) is 2. The third-order valence-electron chi connectivity index (χ3n) is 4.69. The molecule has 9 nitrogen and oxygen atoms in total. The lowest BCUT2D eigenvalue weighted by Crippen LogP contribution is -2.42. The van der Waals surface area contributed by atoms with Crippen LogP contribution in [0.1, 0.15) is 33.8 Å². The summed E-state index contributed by atoms with van der Waals surface area (Å²) in [5.74, 6) is -1.52. The summed E-state index contributed by atoms with van der Waals surface area (Å²) in [7, 11) is 3.31. The average molecular weight is 413 g/mol. The zero-order chi connectivity index (χ0) is 21.7. The maximum absolute atomic E-state index is 12.4. The molecule has 1 saturated heterocycles. The molecule has 0 saturated carbocycles. The van der Waals surface area contributed by atoms with Gasteiger partial charge < -0.3 is 24.3 Å². The summed E-state index contributed by atoms with van der Waals surface area (Å²) in [5, 5.41) is 2.60. The molecule has 0 radical (unpaired) electrons. The van der Waals surface area contributed by atoms with Crippen molar-refractivity contribution in [3.8, 4) is 0 Å². The Balaban J connectivity index is 1.51. The van der Waals surface area contributed by atoms with Crippen LogP contribution in [0.4, 0.5) is 5.69 Å². The SMILES string of the molecule is CN(C)C(=O)c1ccc(NC(=O)COC(=O)C2CCCN2C(=O)c2ccco2)cc1. The molecule has 1 aliphatic heterocycles. The number of amides is 3. The molecule has 1 aliphatic rings. The predicted octanol–water partition coefficient (Wildman–Crippen LogP) is 1.77. The van der Waals surface area contributed by atoms with Gasteiger partial charge >= 0.3 is 5.97 Å². The van der Waals surface area contributed by atoms with Crippen molar-refractivity contribution in [3.63, 3.8) is 0 Å². The van der Waals surface area contributed by atoms with Crippen molar-refractivity contribution in [1.82, 2.24) is 9.80 Å². The van der Waals surface area contributed by atoms with Crippen molar-refractivity contribution < 1.29 is 28.3 Å². The third-order valence-corrected chi connectivity index (χ3v) is 4.69. The van der Waals surface area contributed by atoms with E-state index in [1.807, 2.05) is 0 Å². The van der Waals surface area contributed by atoms with Gasteiger partial charge in [0.05, 0.1) is 6.26 Å². The zero-order valence-electron chi connectivity index (χ0n) is 16.8. The van der Waals surface area contributed by atoms with Gasteiger partial charge in [0, 0.05) is 31.9 Å². The fraction of sp³-hybridized carbons (Fsp3) is 0.333. The van der Waals surface area contributed by atoms with Crippen LogP contribution in [0.2, 0.25) is 0 Å². The van der Waals surface area contributed by atoms with Gasteiger partial charge in [-0.25, -0.2) is 4.79 Å². The van der Waals surface area contributed by atoms with Gasteiger partial charge in [-0.3, -0.25) is 14.4 Å². The van der Waals surface area contributed by atoms with Gasteiger partial charge in [-0.2, -0.15) is 0 Å². The van der Waals surface area contributed by atoms with Gasteiger partial charge in [0.15, 0.2) is 12.4 Å². The van der Waals surface area contributed by atoms with Gasteiger partial charge in [0.25, 0.3) is 17.7 Å². The monoisotopic (exact) mass is 413 g/mol. The van der Waals surface area contributed by atoms with Crippen LogP contribution in [0, 0.1) is 0 Å². The van der Waals surface area contributed by atoms with Crippen LogP contribution < -0.4 is 5.32 Å². The summed E-state index contributed by atoms with van der Waals surface area (Å²) in [6.45, 7) is -0.0555. The molecule has 158 valence electrons. The van der Waals surface area contributed by atoms with Crippen molar-refractivity contribution in [1.29, 1.82) is 0 Å². The summed E-state index contributed by atoms with van der Waals surface area (Å²) in [5.41, 5.74) is 0.967. The highest BCUT2D eigenvalue weighted by atomic mass is 16.5. The minimum atomic E-state index is -0.744. The Morgan fingerprint density at radius 2 is 1.90 bits per heavy atom. The predicted molar refractivity (Wildman–Crippen MR) is 107 cm³/mol. The third kappa shape index (κ3) is 4.86. The van der Waals surface area contributed by atoms with Gasteiger partial charge in [-0.1, -0.05) is 0 Å². The van der Waals surface area contributed by atoms with Crippen LogP contribution in [0.15, 0.2) is 47.1 Å². The van der Waals surface area contributed by atoms with Crippen LogP contribution in [-0.2, 0) is 14.3 Å². The quantitative estimate of drug-likeness (QED) is 0.723. The average Bonchev–Trinajstić information content (AvgIpc) is 3.43. The highest BCUT2D eigenvalue weighted by Gasteiger charge is 2.36. The van der Waals surface area contributed by atoms with Gasteiger partial charge in [0.1, 0.15) is 6.04 Å². The van der Waals surface area contributed by atoms with Crippen molar-refractivity contribution in [2.75, 3.05) is 32.6 Å². The minimum absolute atomic E-state index is 0.146. The molecule has 1 atom stereocenters. The van der Waals surface area contributed by atoms with Crippen molar-refractivity contribution >= 4 is 29.4 Å². The van der Waals surface area contributed by atoms with Gasteiger partial charge in [-0.05, 0) is 49.2 Å². The van der Waals surface area contributed by atoms with Crippen LogP contribution in [0.5, 0.6) is 0 Å². The Morgan fingerprint density at radius 1 is 1.17 bits per heavy atom. The lowest BCUT2D eigenvalue weighted by molar-refractivity contribution is -0.151. The van der Waals surface area contributed by atoms with Crippen LogP contribution in [-0.4, -0.2) is 66.8 Å². The molecule has 3 rings (SSSR count). The zero-order valence-corrected chi connectivity index (χ0v) is 16.8. The topological polar surface area (TPSA) is 109 Å².